The van der Waals surface area contributed by atoms with E-state index in [1.165, 1.54) is 6.42 Å². The summed E-state index contributed by atoms with van der Waals surface area (Å²) in [5, 5.41) is 0. The average molecular weight is 263 g/mol. The topological polar surface area (TPSA) is 62.9 Å². The maximum atomic E-state index is 5.53. The molecule has 0 amide bonds. The first kappa shape index (κ1) is 17.8. The van der Waals surface area contributed by atoms with Crippen molar-refractivity contribution in [3.05, 3.63) is 0 Å². The SMILES string of the molecule is CCCCOCCOCCOCCOCC(C)N. The Morgan fingerprint density at radius 1 is 0.778 bits per heavy atom. The number of nitrogens with two attached hydrogens (primary N) is 1. The molecule has 2 N–H and O–H groups in total. The van der Waals surface area contributed by atoms with Crippen LogP contribution < -0.4 is 5.73 Å². The minimum atomic E-state index is 0.0843. The van der Waals surface area contributed by atoms with E-state index in [1.54, 1.807) is 0 Å². The van der Waals surface area contributed by atoms with Crippen LogP contribution in [-0.4, -0.2) is 58.9 Å². The molecule has 0 aromatic heterocycles. The fourth-order valence-corrected chi connectivity index (χ4v) is 1.18. The smallest absolute Gasteiger partial charge is 0.0701 e. The van der Waals surface area contributed by atoms with Crippen LogP contribution in [0.5, 0.6) is 0 Å². The second kappa shape index (κ2) is 14.9. The van der Waals surface area contributed by atoms with Gasteiger partial charge in [0.25, 0.3) is 0 Å². The van der Waals surface area contributed by atoms with Crippen LogP contribution in [0.15, 0.2) is 0 Å². The van der Waals surface area contributed by atoms with Crippen LogP contribution in [0.25, 0.3) is 0 Å². The van der Waals surface area contributed by atoms with Crippen LogP contribution in [0, 0.1) is 0 Å². The molecule has 0 aliphatic heterocycles. The predicted octanol–water partition coefficient (Wildman–Crippen LogP) is 1.20. The molecule has 0 bridgehead atoms. The van der Waals surface area contributed by atoms with E-state index in [1.807, 2.05) is 6.92 Å². The van der Waals surface area contributed by atoms with E-state index in [-0.39, 0.29) is 6.04 Å². The van der Waals surface area contributed by atoms with Crippen LogP contribution in [0.3, 0.4) is 0 Å². The molecule has 5 heteroatoms. The molecular formula is C13H29NO4. The summed E-state index contributed by atoms with van der Waals surface area (Å²) in [6.07, 6.45) is 2.28. The number of ether oxygens (including phenoxy) is 4. The number of hydrogen-bond donors (Lipinski definition) is 1. The molecule has 0 aromatic rings. The van der Waals surface area contributed by atoms with E-state index >= 15 is 0 Å². The van der Waals surface area contributed by atoms with Crippen molar-refractivity contribution in [2.45, 2.75) is 32.7 Å². The molecule has 0 aliphatic carbocycles. The predicted molar refractivity (Wildman–Crippen MR) is 71.8 cm³/mol. The Bertz CT molecular complexity index is 156. The summed E-state index contributed by atoms with van der Waals surface area (Å²) in [6, 6.07) is 0.0843. The van der Waals surface area contributed by atoms with E-state index in [9.17, 15) is 0 Å². The maximum Gasteiger partial charge on any atom is 0.0701 e. The largest absolute Gasteiger partial charge is 0.379 e. The van der Waals surface area contributed by atoms with Crippen molar-refractivity contribution in [1.82, 2.24) is 0 Å². The minimum absolute atomic E-state index is 0.0843. The van der Waals surface area contributed by atoms with Gasteiger partial charge in [0, 0.05) is 12.6 Å². The lowest BCUT2D eigenvalue weighted by molar-refractivity contribution is -0.00296. The second-order valence-corrected chi connectivity index (χ2v) is 4.24. The fraction of sp³-hybridized carbons (Fsp3) is 1.00. The summed E-state index contributed by atoms with van der Waals surface area (Å²) in [4.78, 5) is 0. The van der Waals surface area contributed by atoms with Crippen LogP contribution in [0.1, 0.15) is 26.7 Å². The Hall–Kier alpha value is -0.200. The Morgan fingerprint density at radius 3 is 1.67 bits per heavy atom. The quantitative estimate of drug-likeness (QED) is 0.477. The molecule has 0 radical (unpaired) electrons. The summed E-state index contributed by atoms with van der Waals surface area (Å²) < 4.78 is 21.3. The van der Waals surface area contributed by atoms with Crippen LogP contribution in [0.4, 0.5) is 0 Å². The number of unbranched alkanes of at least 4 members (excludes halogenated alkanes) is 1. The van der Waals surface area contributed by atoms with Crippen LogP contribution >= 0.6 is 0 Å². The summed E-state index contributed by atoms with van der Waals surface area (Å²) >= 11 is 0. The minimum Gasteiger partial charge on any atom is -0.379 e. The third-order valence-electron chi connectivity index (χ3n) is 2.14. The monoisotopic (exact) mass is 263 g/mol. The fourth-order valence-electron chi connectivity index (χ4n) is 1.18. The molecule has 5 nitrogen and oxygen atoms in total. The Labute approximate surface area is 111 Å². The lowest BCUT2D eigenvalue weighted by Crippen LogP contribution is -2.23. The zero-order valence-corrected chi connectivity index (χ0v) is 11.9. The highest BCUT2D eigenvalue weighted by atomic mass is 16.6. The van der Waals surface area contributed by atoms with Crippen molar-refractivity contribution in [2.75, 3.05) is 52.9 Å². The first-order valence-corrected chi connectivity index (χ1v) is 6.84. The Morgan fingerprint density at radius 2 is 1.22 bits per heavy atom. The maximum absolute atomic E-state index is 5.53. The van der Waals surface area contributed by atoms with Gasteiger partial charge in [0.2, 0.25) is 0 Å². The molecule has 0 rings (SSSR count). The van der Waals surface area contributed by atoms with Gasteiger partial charge in [-0.15, -0.1) is 0 Å². The first-order valence-electron chi connectivity index (χ1n) is 6.84. The highest BCUT2D eigenvalue weighted by Crippen LogP contribution is 1.88. The third kappa shape index (κ3) is 15.8. The van der Waals surface area contributed by atoms with Gasteiger partial charge in [-0.05, 0) is 13.3 Å². The summed E-state index contributed by atoms with van der Waals surface area (Å²) in [5.74, 6) is 0. The Balaban J connectivity index is 2.90. The van der Waals surface area contributed by atoms with E-state index in [0.717, 1.165) is 13.0 Å². The molecule has 18 heavy (non-hydrogen) atoms. The second-order valence-electron chi connectivity index (χ2n) is 4.24. The van der Waals surface area contributed by atoms with Crippen molar-refractivity contribution in [1.29, 1.82) is 0 Å². The lowest BCUT2D eigenvalue weighted by Gasteiger charge is -2.08. The van der Waals surface area contributed by atoms with Gasteiger partial charge >= 0.3 is 0 Å². The van der Waals surface area contributed by atoms with Crippen LogP contribution in [0.2, 0.25) is 0 Å². The molecular weight excluding hydrogens is 234 g/mol. The highest BCUT2D eigenvalue weighted by Gasteiger charge is 1.94. The molecule has 0 aromatic carbocycles. The van der Waals surface area contributed by atoms with Crippen molar-refractivity contribution in [3.8, 4) is 0 Å². The van der Waals surface area contributed by atoms with Gasteiger partial charge in [-0.1, -0.05) is 13.3 Å². The first-order chi connectivity index (χ1) is 8.77. The van der Waals surface area contributed by atoms with Gasteiger partial charge in [-0.2, -0.15) is 0 Å². The van der Waals surface area contributed by atoms with Crippen molar-refractivity contribution >= 4 is 0 Å². The average Bonchev–Trinajstić information content (AvgIpc) is 2.34. The molecule has 1 atom stereocenters. The summed E-state index contributed by atoms with van der Waals surface area (Å²) in [7, 11) is 0. The third-order valence-corrected chi connectivity index (χ3v) is 2.14. The molecule has 110 valence electrons. The van der Waals surface area contributed by atoms with Gasteiger partial charge in [-0.25, -0.2) is 0 Å². The standard InChI is InChI=1S/C13H29NO4/c1-3-4-5-15-6-7-16-8-9-17-10-11-18-12-13(2)14/h13H,3-12,14H2,1-2H3. The number of rotatable bonds is 14. The Kier molecular flexibility index (Phi) is 14.7. The van der Waals surface area contributed by atoms with Crippen molar-refractivity contribution in [2.24, 2.45) is 5.73 Å². The van der Waals surface area contributed by atoms with Gasteiger partial charge in [-0.3, -0.25) is 0 Å². The molecule has 0 saturated heterocycles. The summed E-state index contributed by atoms with van der Waals surface area (Å²) in [5.41, 5.74) is 5.53. The van der Waals surface area contributed by atoms with Crippen LogP contribution in [-0.2, 0) is 18.9 Å². The summed E-state index contributed by atoms with van der Waals surface area (Å²) in [6.45, 7) is 9.13. The van der Waals surface area contributed by atoms with Crippen molar-refractivity contribution in [3.63, 3.8) is 0 Å². The highest BCUT2D eigenvalue weighted by molar-refractivity contribution is 4.47. The molecule has 0 aliphatic rings. The van der Waals surface area contributed by atoms with E-state index < -0.39 is 0 Å². The van der Waals surface area contributed by atoms with Gasteiger partial charge < -0.3 is 24.7 Å². The lowest BCUT2D eigenvalue weighted by atomic mass is 10.4. The van der Waals surface area contributed by atoms with E-state index in [0.29, 0.717) is 46.2 Å². The number of hydrogen-bond acceptors (Lipinski definition) is 5. The zero-order chi connectivity index (χ0) is 13.5. The molecule has 0 saturated carbocycles. The normalized spacial score (nSPS) is 12.8. The molecule has 1 unspecified atom stereocenters. The van der Waals surface area contributed by atoms with Gasteiger partial charge in [0.15, 0.2) is 0 Å². The van der Waals surface area contributed by atoms with Gasteiger partial charge in [0.1, 0.15) is 0 Å². The van der Waals surface area contributed by atoms with E-state index in [2.05, 4.69) is 6.92 Å². The van der Waals surface area contributed by atoms with E-state index in [4.69, 9.17) is 24.7 Å². The molecule has 0 fully saturated rings. The molecule has 0 spiro atoms. The van der Waals surface area contributed by atoms with Gasteiger partial charge in [0.05, 0.1) is 46.2 Å². The van der Waals surface area contributed by atoms with Crippen molar-refractivity contribution < 1.29 is 18.9 Å². The zero-order valence-electron chi connectivity index (χ0n) is 11.9. The molecule has 0 heterocycles.